The maximum absolute atomic E-state index is 11.6. The van der Waals surface area contributed by atoms with Gasteiger partial charge in [0.05, 0.1) is 25.0 Å². The van der Waals surface area contributed by atoms with Crippen LogP contribution in [0.4, 0.5) is 0 Å². The van der Waals surface area contributed by atoms with Gasteiger partial charge in [0.25, 0.3) is 0 Å². The molecule has 88 valence electrons. The predicted molar refractivity (Wildman–Crippen MR) is 62.2 cm³/mol. The molecule has 1 heterocycles. The van der Waals surface area contributed by atoms with Crippen molar-refractivity contribution >= 4 is 5.91 Å². The summed E-state index contributed by atoms with van der Waals surface area (Å²) in [5.41, 5.74) is 1.73. The van der Waals surface area contributed by atoms with Gasteiger partial charge in [-0.1, -0.05) is 12.1 Å². The number of nitrogens with zero attached hydrogens (tertiary/aromatic N) is 1. The molecule has 1 amide bonds. The van der Waals surface area contributed by atoms with Crippen LogP contribution < -0.4 is 5.32 Å². The van der Waals surface area contributed by atoms with Crippen LogP contribution in [-0.4, -0.2) is 21.0 Å². The third-order valence-electron chi connectivity index (χ3n) is 2.33. The Morgan fingerprint density at radius 2 is 2.12 bits per heavy atom. The fourth-order valence-electron chi connectivity index (χ4n) is 1.44. The smallest absolute Gasteiger partial charge is 0.224 e. The van der Waals surface area contributed by atoms with Crippen molar-refractivity contribution in [2.45, 2.75) is 13.0 Å². The Hall–Kier alpha value is -2.30. The highest BCUT2D eigenvalue weighted by Gasteiger charge is 2.03. The fraction of sp³-hybridized carbons (Fsp3) is 0.167. The van der Waals surface area contributed by atoms with Crippen LogP contribution in [0, 0.1) is 0 Å². The van der Waals surface area contributed by atoms with Gasteiger partial charge in [-0.2, -0.15) is 0 Å². The summed E-state index contributed by atoms with van der Waals surface area (Å²) >= 11 is 0. The number of hydrogen-bond donors (Lipinski definition) is 3. The Bertz CT molecular complexity index is 477. The minimum absolute atomic E-state index is 0.0645. The first kappa shape index (κ1) is 11.2. The van der Waals surface area contributed by atoms with Crippen molar-refractivity contribution in [2.75, 3.05) is 0 Å². The molecule has 3 N–H and O–H groups in total. The summed E-state index contributed by atoms with van der Waals surface area (Å²) in [6, 6.07) is 6.59. The number of phenolic OH excluding ortho intramolecular Hbond substituents is 1. The molecule has 0 fully saturated rings. The normalized spacial score (nSPS) is 10.1. The first-order valence-corrected chi connectivity index (χ1v) is 5.26. The summed E-state index contributed by atoms with van der Waals surface area (Å²) in [6.45, 7) is 0.441. The zero-order chi connectivity index (χ0) is 12.1. The molecule has 1 aromatic carbocycles. The summed E-state index contributed by atoms with van der Waals surface area (Å²) in [5.74, 6) is 0.136. The maximum Gasteiger partial charge on any atom is 0.224 e. The van der Waals surface area contributed by atoms with Gasteiger partial charge >= 0.3 is 0 Å². The van der Waals surface area contributed by atoms with Gasteiger partial charge < -0.3 is 15.4 Å². The first-order chi connectivity index (χ1) is 8.24. The molecule has 5 nitrogen and oxygen atoms in total. The molecule has 0 spiro atoms. The van der Waals surface area contributed by atoms with Gasteiger partial charge in [0, 0.05) is 6.20 Å². The van der Waals surface area contributed by atoms with Crippen LogP contribution in [0.2, 0.25) is 0 Å². The summed E-state index contributed by atoms with van der Waals surface area (Å²) in [4.78, 5) is 18.3. The van der Waals surface area contributed by atoms with E-state index in [0.717, 1.165) is 11.3 Å². The number of carbonyl (C=O) groups excluding carboxylic acids is 1. The van der Waals surface area contributed by atoms with E-state index >= 15 is 0 Å². The molecule has 0 saturated carbocycles. The summed E-state index contributed by atoms with van der Waals surface area (Å²) in [5, 5.41) is 11.9. The number of nitrogens with one attached hydrogen (secondary N) is 2. The zero-order valence-electron chi connectivity index (χ0n) is 9.18. The Labute approximate surface area is 98.5 Å². The molecule has 17 heavy (non-hydrogen) atoms. The molecule has 1 aromatic heterocycles. The Balaban J connectivity index is 1.83. The van der Waals surface area contributed by atoms with Crippen molar-refractivity contribution in [1.29, 1.82) is 0 Å². The van der Waals surface area contributed by atoms with E-state index < -0.39 is 0 Å². The average molecular weight is 231 g/mol. The van der Waals surface area contributed by atoms with Crippen molar-refractivity contribution < 1.29 is 9.90 Å². The van der Waals surface area contributed by atoms with E-state index in [2.05, 4.69) is 15.3 Å². The third kappa shape index (κ3) is 3.34. The van der Waals surface area contributed by atoms with Crippen molar-refractivity contribution in [3.63, 3.8) is 0 Å². The van der Waals surface area contributed by atoms with Gasteiger partial charge in [-0.25, -0.2) is 4.98 Å². The van der Waals surface area contributed by atoms with E-state index in [-0.39, 0.29) is 11.7 Å². The standard InChI is InChI=1S/C12H13N3O2/c16-11-3-1-9(2-4-11)5-12(17)14-7-10-6-13-8-15-10/h1-4,6,8,16H,5,7H2,(H,13,15)(H,14,17). The van der Waals surface area contributed by atoms with Gasteiger partial charge in [0.1, 0.15) is 5.75 Å². The molecule has 0 unspecified atom stereocenters. The number of aromatic nitrogens is 2. The molecule has 0 radical (unpaired) electrons. The second kappa shape index (κ2) is 5.16. The van der Waals surface area contributed by atoms with Crippen molar-refractivity contribution in [3.8, 4) is 5.75 Å². The van der Waals surface area contributed by atoms with Gasteiger partial charge in [-0.3, -0.25) is 4.79 Å². The lowest BCUT2D eigenvalue weighted by Crippen LogP contribution is -2.24. The Morgan fingerprint density at radius 1 is 1.35 bits per heavy atom. The Morgan fingerprint density at radius 3 is 2.76 bits per heavy atom. The van der Waals surface area contributed by atoms with E-state index in [4.69, 9.17) is 5.11 Å². The van der Waals surface area contributed by atoms with Crippen LogP contribution in [0.1, 0.15) is 11.3 Å². The molecule has 5 heteroatoms. The van der Waals surface area contributed by atoms with Gasteiger partial charge in [-0.15, -0.1) is 0 Å². The van der Waals surface area contributed by atoms with Crippen molar-refractivity contribution in [2.24, 2.45) is 0 Å². The number of H-pyrrole nitrogens is 1. The molecular formula is C12H13N3O2. The van der Waals surface area contributed by atoms with Gasteiger partial charge in [0.15, 0.2) is 0 Å². The number of hydrogen-bond acceptors (Lipinski definition) is 3. The second-order valence-electron chi connectivity index (χ2n) is 3.70. The molecule has 0 saturated heterocycles. The fourth-order valence-corrected chi connectivity index (χ4v) is 1.44. The lowest BCUT2D eigenvalue weighted by atomic mass is 10.1. The molecule has 0 aliphatic carbocycles. The predicted octanol–water partition coefficient (Wildman–Crippen LogP) is 0.974. The van der Waals surface area contributed by atoms with Crippen LogP contribution in [0.25, 0.3) is 0 Å². The minimum Gasteiger partial charge on any atom is -0.508 e. The number of aromatic hydroxyl groups is 1. The number of phenols is 1. The topological polar surface area (TPSA) is 78.0 Å². The van der Waals surface area contributed by atoms with Crippen LogP contribution in [0.5, 0.6) is 5.75 Å². The largest absolute Gasteiger partial charge is 0.508 e. The summed E-state index contributed by atoms with van der Waals surface area (Å²) in [6.07, 6.45) is 3.54. The molecule has 0 bridgehead atoms. The molecular weight excluding hydrogens is 218 g/mol. The van der Waals surface area contributed by atoms with Crippen LogP contribution in [-0.2, 0) is 17.8 Å². The number of carbonyl (C=O) groups is 1. The zero-order valence-corrected chi connectivity index (χ0v) is 9.18. The first-order valence-electron chi connectivity index (χ1n) is 5.26. The quantitative estimate of drug-likeness (QED) is 0.733. The number of benzene rings is 1. The number of rotatable bonds is 4. The van der Waals surface area contributed by atoms with E-state index in [0.29, 0.717) is 13.0 Å². The van der Waals surface area contributed by atoms with E-state index in [1.807, 2.05) is 0 Å². The molecule has 2 aromatic rings. The number of imidazole rings is 1. The third-order valence-corrected chi connectivity index (χ3v) is 2.33. The van der Waals surface area contributed by atoms with Crippen molar-refractivity contribution in [1.82, 2.24) is 15.3 Å². The lowest BCUT2D eigenvalue weighted by Gasteiger charge is -2.03. The van der Waals surface area contributed by atoms with Gasteiger partial charge in [0.2, 0.25) is 5.91 Å². The lowest BCUT2D eigenvalue weighted by molar-refractivity contribution is -0.120. The molecule has 0 atom stereocenters. The van der Waals surface area contributed by atoms with E-state index in [9.17, 15) is 4.79 Å². The van der Waals surface area contributed by atoms with Crippen LogP contribution in [0.15, 0.2) is 36.8 Å². The Kier molecular flexibility index (Phi) is 3.40. The summed E-state index contributed by atoms with van der Waals surface area (Å²) < 4.78 is 0. The molecule has 2 rings (SSSR count). The summed E-state index contributed by atoms with van der Waals surface area (Å²) in [7, 11) is 0. The number of amides is 1. The SMILES string of the molecule is O=C(Cc1ccc(O)cc1)NCc1cnc[nH]1. The molecule has 0 aliphatic heterocycles. The van der Waals surface area contributed by atoms with Crippen LogP contribution >= 0.6 is 0 Å². The minimum atomic E-state index is -0.0645. The van der Waals surface area contributed by atoms with Crippen molar-refractivity contribution in [3.05, 3.63) is 48.0 Å². The van der Waals surface area contributed by atoms with Crippen LogP contribution in [0.3, 0.4) is 0 Å². The highest BCUT2D eigenvalue weighted by molar-refractivity contribution is 5.78. The highest BCUT2D eigenvalue weighted by atomic mass is 16.3. The number of aromatic amines is 1. The highest BCUT2D eigenvalue weighted by Crippen LogP contribution is 2.09. The maximum atomic E-state index is 11.6. The molecule has 0 aliphatic rings. The van der Waals surface area contributed by atoms with E-state index in [1.165, 1.54) is 0 Å². The average Bonchev–Trinajstić information content (AvgIpc) is 2.83. The second-order valence-corrected chi connectivity index (χ2v) is 3.70. The van der Waals surface area contributed by atoms with Gasteiger partial charge in [-0.05, 0) is 17.7 Å². The van der Waals surface area contributed by atoms with E-state index in [1.54, 1.807) is 36.8 Å². The monoisotopic (exact) mass is 231 g/mol.